The highest BCUT2D eigenvalue weighted by molar-refractivity contribution is 5.99. The molecule has 1 N–H and O–H groups in total. The minimum atomic E-state index is -0.674. The summed E-state index contributed by atoms with van der Waals surface area (Å²) in [7, 11) is 0. The largest absolute Gasteiger partial charge is 0.343 e. The zero-order chi connectivity index (χ0) is 15.2. The molecule has 0 aromatic heterocycles. The average molecular weight is 282 g/mol. The average Bonchev–Trinajstić information content (AvgIpc) is 2.43. The van der Waals surface area contributed by atoms with Crippen molar-refractivity contribution < 1.29 is 9.59 Å². The lowest BCUT2D eigenvalue weighted by Gasteiger charge is -2.45. The number of piperazine rings is 1. The molecular weight excluding hydrogens is 252 g/mol. The predicted octanol–water partition coefficient (Wildman–Crippen LogP) is 2.86. The van der Waals surface area contributed by atoms with Crippen molar-refractivity contribution in [2.75, 3.05) is 6.54 Å². The van der Waals surface area contributed by atoms with Gasteiger partial charge in [-0.05, 0) is 26.7 Å². The van der Waals surface area contributed by atoms with Crippen LogP contribution in [0.15, 0.2) is 0 Å². The van der Waals surface area contributed by atoms with Crippen molar-refractivity contribution in [3.63, 3.8) is 0 Å². The molecule has 1 fully saturated rings. The summed E-state index contributed by atoms with van der Waals surface area (Å²) in [5, 5.41) is 2.79. The monoisotopic (exact) mass is 282 g/mol. The standard InChI is InChI=1S/C16H30N2O2/c1-5-7-8-9-10-11-12-18-14(19)13(3)17-15(20)16(18,4)6-2/h13H,5-12H2,1-4H3,(H,17,20). The van der Waals surface area contributed by atoms with Crippen molar-refractivity contribution in [1.29, 1.82) is 0 Å². The second-order valence-corrected chi connectivity index (χ2v) is 6.08. The van der Waals surface area contributed by atoms with E-state index in [1.165, 1.54) is 25.7 Å². The number of amides is 2. The normalized spacial score (nSPS) is 26.8. The van der Waals surface area contributed by atoms with E-state index in [0.717, 1.165) is 12.8 Å². The maximum Gasteiger partial charge on any atom is 0.246 e. The van der Waals surface area contributed by atoms with E-state index < -0.39 is 5.54 Å². The highest BCUT2D eigenvalue weighted by Crippen LogP contribution is 2.25. The van der Waals surface area contributed by atoms with Crippen molar-refractivity contribution in [3.8, 4) is 0 Å². The Hall–Kier alpha value is -1.06. The summed E-state index contributed by atoms with van der Waals surface area (Å²) in [6.45, 7) is 8.52. The Morgan fingerprint density at radius 2 is 1.70 bits per heavy atom. The molecule has 4 nitrogen and oxygen atoms in total. The lowest BCUT2D eigenvalue weighted by molar-refractivity contribution is -0.156. The van der Waals surface area contributed by atoms with Gasteiger partial charge in [0.25, 0.3) is 0 Å². The van der Waals surface area contributed by atoms with Crippen LogP contribution in [0, 0.1) is 0 Å². The quantitative estimate of drug-likeness (QED) is 0.696. The molecule has 0 saturated carbocycles. The molecule has 1 rings (SSSR count). The van der Waals surface area contributed by atoms with Crippen LogP contribution in [-0.4, -0.2) is 34.8 Å². The molecule has 2 atom stereocenters. The van der Waals surface area contributed by atoms with Crippen molar-refractivity contribution in [2.45, 2.75) is 84.2 Å². The Kier molecular flexibility index (Phi) is 6.50. The number of rotatable bonds is 8. The number of nitrogens with one attached hydrogen (secondary N) is 1. The van der Waals surface area contributed by atoms with Gasteiger partial charge in [-0.25, -0.2) is 0 Å². The number of carbonyl (C=O) groups is 2. The lowest BCUT2D eigenvalue weighted by Crippen LogP contribution is -2.68. The highest BCUT2D eigenvalue weighted by Gasteiger charge is 2.46. The van der Waals surface area contributed by atoms with Gasteiger partial charge in [0.15, 0.2) is 0 Å². The molecule has 0 bridgehead atoms. The molecule has 2 unspecified atom stereocenters. The summed E-state index contributed by atoms with van der Waals surface area (Å²) >= 11 is 0. The molecule has 1 aliphatic heterocycles. The zero-order valence-corrected chi connectivity index (χ0v) is 13.5. The molecule has 1 saturated heterocycles. The second kappa shape index (κ2) is 7.65. The Morgan fingerprint density at radius 3 is 2.30 bits per heavy atom. The Morgan fingerprint density at radius 1 is 1.10 bits per heavy atom. The van der Waals surface area contributed by atoms with Gasteiger partial charge in [-0.1, -0.05) is 46.0 Å². The fourth-order valence-electron chi connectivity index (χ4n) is 2.77. The molecule has 0 radical (unpaired) electrons. The van der Waals surface area contributed by atoms with Crippen LogP contribution in [-0.2, 0) is 9.59 Å². The van der Waals surface area contributed by atoms with E-state index in [2.05, 4.69) is 12.2 Å². The molecule has 116 valence electrons. The van der Waals surface area contributed by atoms with Crippen LogP contribution in [0.2, 0.25) is 0 Å². The molecule has 0 spiro atoms. The van der Waals surface area contributed by atoms with Crippen LogP contribution in [0.4, 0.5) is 0 Å². The van der Waals surface area contributed by atoms with Gasteiger partial charge in [0, 0.05) is 6.54 Å². The number of hydrogen-bond donors (Lipinski definition) is 1. The first-order chi connectivity index (χ1) is 9.47. The number of unbranched alkanes of at least 4 members (excludes halogenated alkanes) is 5. The first kappa shape index (κ1) is 17.0. The summed E-state index contributed by atoms with van der Waals surface area (Å²) in [5.74, 6) is 0.0422. The maximum absolute atomic E-state index is 12.3. The summed E-state index contributed by atoms with van der Waals surface area (Å²) in [6.07, 6.45) is 7.82. The second-order valence-electron chi connectivity index (χ2n) is 6.08. The third-order valence-electron chi connectivity index (χ3n) is 4.49. The van der Waals surface area contributed by atoms with E-state index >= 15 is 0 Å². The fraction of sp³-hybridized carbons (Fsp3) is 0.875. The third-order valence-corrected chi connectivity index (χ3v) is 4.49. The number of hydrogen-bond acceptors (Lipinski definition) is 2. The van der Waals surface area contributed by atoms with Gasteiger partial charge in [0.2, 0.25) is 11.8 Å². The van der Waals surface area contributed by atoms with Gasteiger partial charge in [-0.15, -0.1) is 0 Å². The van der Waals surface area contributed by atoms with E-state index in [9.17, 15) is 9.59 Å². The smallest absolute Gasteiger partial charge is 0.246 e. The van der Waals surface area contributed by atoms with Gasteiger partial charge < -0.3 is 10.2 Å². The first-order valence-electron chi connectivity index (χ1n) is 8.09. The van der Waals surface area contributed by atoms with E-state index in [0.29, 0.717) is 13.0 Å². The van der Waals surface area contributed by atoms with Gasteiger partial charge >= 0.3 is 0 Å². The van der Waals surface area contributed by atoms with E-state index in [-0.39, 0.29) is 17.9 Å². The van der Waals surface area contributed by atoms with Gasteiger partial charge in [0.05, 0.1) is 0 Å². The molecule has 0 aromatic rings. The van der Waals surface area contributed by atoms with Gasteiger partial charge in [0.1, 0.15) is 11.6 Å². The minimum Gasteiger partial charge on any atom is -0.343 e. The van der Waals surface area contributed by atoms with Gasteiger partial charge in [-0.2, -0.15) is 0 Å². The Bertz CT molecular complexity index is 343. The van der Waals surface area contributed by atoms with Crippen molar-refractivity contribution in [3.05, 3.63) is 0 Å². The van der Waals surface area contributed by atoms with Gasteiger partial charge in [-0.3, -0.25) is 9.59 Å². The molecular formula is C16H30N2O2. The third kappa shape index (κ3) is 3.74. The molecule has 1 heterocycles. The van der Waals surface area contributed by atoms with E-state index in [1.54, 1.807) is 11.8 Å². The zero-order valence-electron chi connectivity index (χ0n) is 13.5. The lowest BCUT2D eigenvalue weighted by atomic mass is 9.90. The molecule has 4 heteroatoms. The molecule has 1 aliphatic rings. The molecule has 20 heavy (non-hydrogen) atoms. The Balaban J connectivity index is 2.54. The maximum atomic E-state index is 12.3. The van der Waals surface area contributed by atoms with Crippen molar-refractivity contribution in [1.82, 2.24) is 10.2 Å². The van der Waals surface area contributed by atoms with Crippen molar-refractivity contribution >= 4 is 11.8 Å². The molecule has 0 aromatic carbocycles. The van der Waals surface area contributed by atoms with Crippen LogP contribution >= 0.6 is 0 Å². The minimum absolute atomic E-state index is 0.0157. The highest BCUT2D eigenvalue weighted by atomic mass is 16.2. The summed E-state index contributed by atoms with van der Waals surface area (Å²) in [4.78, 5) is 26.3. The van der Waals surface area contributed by atoms with Crippen LogP contribution in [0.25, 0.3) is 0 Å². The van der Waals surface area contributed by atoms with E-state index in [4.69, 9.17) is 0 Å². The number of nitrogens with zero attached hydrogens (tertiary/aromatic N) is 1. The fourth-order valence-corrected chi connectivity index (χ4v) is 2.77. The van der Waals surface area contributed by atoms with Crippen LogP contribution in [0.3, 0.4) is 0 Å². The number of carbonyl (C=O) groups excluding carboxylic acids is 2. The van der Waals surface area contributed by atoms with Crippen LogP contribution in [0.1, 0.15) is 72.6 Å². The summed E-state index contributed by atoms with van der Waals surface area (Å²) in [6, 6.07) is -0.387. The van der Waals surface area contributed by atoms with Crippen LogP contribution in [0.5, 0.6) is 0 Å². The predicted molar refractivity (Wildman–Crippen MR) is 81.4 cm³/mol. The Labute approximate surface area is 123 Å². The summed E-state index contributed by atoms with van der Waals surface area (Å²) < 4.78 is 0. The first-order valence-corrected chi connectivity index (χ1v) is 8.09. The summed E-state index contributed by atoms with van der Waals surface area (Å²) in [5.41, 5.74) is -0.674. The van der Waals surface area contributed by atoms with Crippen LogP contribution < -0.4 is 5.32 Å². The molecule has 0 aliphatic carbocycles. The van der Waals surface area contributed by atoms with Crippen molar-refractivity contribution in [2.24, 2.45) is 0 Å². The van der Waals surface area contributed by atoms with E-state index in [1.807, 2.05) is 13.8 Å². The SMILES string of the molecule is CCCCCCCCN1C(=O)C(C)NC(=O)C1(C)CC. The topological polar surface area (TPSA) is 49.4 Å². The molecule has 2 amide bonds.